The minimum Gasteiger partial charge on any atom is -0.378 e. The Balaban J connectivity index is 2.08. The van der Waals surface area contributed by atoms with E-state index < -0.39 is 21.3 Å². The third kappa shape index (κ3) is 3.09. The van der Waals surface area contributed by atoms with Crippen molar-refractivity contribution < 1.29 is 17.9 Å². The average molecular weight is 283 g/mol. The van der Waals surface area contributed by atoms with Gasteiger partial charge in [-0.1, -0.05) is 0 Å². The lowest BCUT2D eigenvalue weighted by Gasteiger charge is -2.32. The Morgan fingerprint density at radius 2 is 2.18 bits per heavy atom. The van der Waals surface area contributed by atoms with Crippen LogP contribution in [0.5, 0.6) is 0 Å². The van der Waals surface area contributed by atoms with Crippen LogP contribution in [-0.4, -0.2) is 55.7 Å². The Hall–Kier alpha value is -0.370. The smallest absolute Gasteiger partial charge is 0.241 e. The average Bonchev–Trinajstić information content (AvgIpc) is 3.13. The quantitative estimate of drug-likeness (QED) is 0.705. The van der Waals surface area contributed by atoms with E-state index in [4.69, 9.17) is 16.3 Å². The molecule has 2 aliphatic rings. The Morgan fingerprint density at radius 1 is 1.47 bits per heavy atom. The highest BCUT2D eigenvalue weighted by Crippen LogP contribution is 2.20. The maximum absolute atomic E-state index is 11.9. The van der Waals surface area contributed by atoms with Gasteiger partial charge < -0.3 is 10.1 Å². The number of hydrogen-bond acceptors (Lipinski definition) is 4. The number of carbonyl (C=O) groups excluding carboxylic acids is 1. The Kier molecular flexibility index (Phi) is 3.92. The molecular formula is C9H15ClN2O4S. The van der Waals surface area contributed by atoms with Crippen molar-refractivity contribution >= 4 is 27.5 Å². The number of carbonyl (C=O) groups is 1. The highest BCUT2D eigenvalue weighted by atomic mass is 35.5. The predicted octanol–water partition coefficient (Wildman–Crippen LogP) is -0.508. The number of amides is 1. The first-order valence-electron chi connectivity index (χ1n) is 5.48. The first-order chi connectivity index (χ1) is 8.04. The van der Waals surface area contributed by atoms with Gasteiger partial charge >= 0.3 is 0 Å². The van der Waals surface area contributed by atoms with Gasteiger partial charge in [-0.15, -0.1) is 11.6 Å². The van der Waals surface area contributed by atoms with Crippen LogP contribution in [0.1, 0.15) is 12.8 Å². The van der Waals surface area contributed by atoms with Crippen LogP contribution in [0.4, 0.5) is 0 Å². The first-order valence-corrected chi connectivity index (χ1v) is 7.62. The molecule has 0 radical (unpaired) electrons. The molecule has 0 bridgehead atoms. The van der Waals surface area contributed by atoms with Gasteiger partial charge in [0.05, 0.1) is 13.2 Å². The zero-order valence-corrected chi connectivity index (χ0v) is 10.8. The fraction of sp³-hybridized carbons (Fsp3) is 0.889. The Bertz CT molecular complexity index is 396. The van der Waals surface area contributed by atoms with Gasteiger partial charge in [-0.25, -0.2) is 8.42 Å². The van der Waals surface area contributed by atoms with E-state index in [9.17, 15) is 13.2 Å². The molecule has 0 aromatic heterocycles. The molecule has 2 rings (SSSR count). The Morgan fingerprint density at radius 3 is 2.76 bits per heavy atom. The standard InChI is InChI=1S/C9H15ClN2O4S/c10-6-17(14,15)12-3-4-16-5-8(12)9(13)11-7-1-2-7/h7-8H,1-6H2,(H,11,13). The Labute approximate surface area is 105 Å². The molecule has 1 saturated carbocycles. The number of nitrogens with one attached hydrogen (secondary N) is 1. The van der Waals surface area contributed by atoms with E-state index in [0.29, 0.717) is 6.61 Å². The van der Waals surface area contributed by atoms with E-state index in [2.05, 4.69) is 5.32 Å². The van der Waals surface area contributed by atoms with E-state index in [1.54, 1.807) is 0 Å². The van der Waals surface area contributed by atoms with Crippen molar-refractivity contribution in [3.63, 3.8) is 0 Å². The molecule has 1 aliphatic heterocycles. The molecule has 1 unspecified atom stereocenters. The predicted molar refractivity (Wildman–Crippen MR) is 62.1 cm³/mol. The second-order valence-electron chi connectivity index (χ2n) is 4.21. The summed E-state index contributed by atoms with van der Waals surface area (Å²) in [6, 6.07) is -0.585. The molecule has 0 aromatic rings. The van der Waals surface area contributed by atoms with Crippen LogP contribution in [0.2, 0.25) is 0 Å². The number of hydrogen-bond donors (Lipinski definition) is 1. The zero-order chi connectivity index (χ0) is 12.5. The van der Waals surface area contributed by atoms with Gasteiger partial charge in [0.2, 0.25) is 15.9 Å². The van der Waals surface area contributed by atoms with Gasteiger partial charge in [0.1, 0.15) is 11.3 Å². The molecular weight excluding hydrogens is 268 g/mol. The van der Waals surface area contributed by atoms with Crippen molar-refractivity contribution in [3.8, 4) is 0 Å². The molecule has 98 valence electrons. The van der Waals surface area contributed by atoms with E-state index in [0.717, 1.165) is 17.1 Å². The monoisotopic (exact) mass is 282 g/mol. The van der Waals surface area contributed by atoms with Crippen LogP contribution in [0, 0.1) is 0 Å². The fourth-order valence-corrected chi connectivity index (χ4v) is 3.11. The first kappa shape index (κ1) is 13.1. The number of nitrogens with zero attached hydrogens (tertiary/aromatic N) is 1. The second kappa shape index (κ2) is 5.09. The largest absolute Gasteiger partial charge is 0.378 e. The van der Waals surface area contributed by atoms with Crippen molar-refractivity contribution in [1.29, 1.82) is 0 Å². The van der Waals surface area contributed by atoms with Crippen LogP contribution in [0.3, 0.4) is 0 Å². The summed E-state index contributed by atoms with van der Waals surface area (Å²) >= 11 is 5.41. The lowest BCUT2D eigenvalue weighted by molar-refractivity contribution is -0.129. The highest BCUT2D eigenvalue weighted by Gasteiger charge is 2.38. The van der Waals surface area contributed by atoms with Crippen molar-refractivity contribution in [2.45, 2.75) is 24.9 Å². The number of morpholine rings is 1. The molecule has 2 fully saturated rings. The number of ether oxygens (including phenoxy) is 1. The fourth-order valence-electron chi connectivity index (χ4n) is 1.72. The summed E-state index contributed by atoms with van der Waals surface area (Å²) in [4.78, 5) is 11.9. The van der Waals surface area contributed by atoms with E-state index >= 15 is 0 Å². The molecule has 1 aliphatic carbocycles. The molecule has 1 atom stereocenters. The van der Waals surface area contributed by atoms with Gasteiger partial charge in [0, 0.05) is 12.6 Å². The zero-order valence-electron chi connectivity index (χ0n) is 9.26. The van der Waals surface area contributed by atoms with Gasteiger partial charge in [0.25, 0.3) is 0 Å². The third-order valence-electron chi connectivity index (χ3n) is 2.80. The molecule has 0 spiro atoms. The number of sulfonamides is 1. The van der Waals surface area contributed by atoms with E-state index in [1.807, 2.05) is 0 Å². The summed E-state index contributed by atoms with van der Waals surface area (Å²) in [5.41, 5.74) is 0. The molecule has 1 amide bonds. The minimum absolute atomic E-state index is 0.0919. The molecule has 0 aromatic carbocycles. The normalized spacial score (nSPS) is 26.8. The van der Waals surface area contributed by atoms with Gasteiger partial charge in [-0.05, 0) is 12.8 Å². The maximum atomic E-state index is 11.9. The van der Waals surface area contributed by atoms with Gasteiger partial charge in [0.15, 0.2) is 0 Å². The van der Waals surface area contributed by atoms with Gasteiger partial charge in [-0.2, -0.15) is 4.31 Å². The van der Waals surface area contributed by atoms with E-state index in [-0.39, 0.29) is 25.1 Å². The SMILES string of the molecule is O=C(NC1CC1)C1COCCN1S(=O)(=O)CCl. The molecule has 1 heterocycles. The van der Waals surface area contributed by atoms with Crippen molar-refractivity contribution in [2.75, 3.05) is 25.0 Å². The van der Waals surface area contributed by atoms with Crippen molar-refractivity contribution in [1.82, 2.24) is 9.62 Å². The summed E-state index contributed by atoms with van der Waals surface area (Å²) in [6.07, 6.45) is 1.92. The van der Waals surface area contributed by atoms with E-state index in [1.165, 1.54) is 0 Å². The molecule has 1 N–H and O–H groups in total. The molecule has 8 heteroatoms. The van der Waals surface area contributed by atoms with Gasteiger partial charge in [-0.3, -0.25) is 4.79 Å². The van der Waals surface area contributed by atoms with Crippen LogP contribution in [-0.2, 0) is 19.6 Å². The van der Waals surface area contributed by atoms with Crippen molar-refractivity contribution in [3.05, 3.63) is 0 Å². The summed E-state index contributed by atoms with van der Waals surface area (Å²) < 4.78 is 29.8. The van der Waals surface area contributed by atoms with Crippen LogP contribution < -0.4 is 5.32 Å². The number of halogens is 1. The number of alkyl halides is 1. The maximum Gasteiger partial charge on any atom is 0.241 e. The minimum atomic E-state index is -3.57. The van der Waals surface area contributed by atoms with Crippen LogP contribution in [0.15, 0.2) is 0 Å². The van der Waals surface area contributed by atoms with Crippen LogP contribution in [0.25, 0.3) is 0 Å². The summed E-state index contributed by atoms with van der Waals surface area (Å²) in [6.45, 7) is 0.565. The lowest BCUT2D eigenvalue weighted by Crippen LogP contribution is -2.56. The molecule has 6 nitrogen and oxygen atoms in total. The highest BCUT2D eigenvalue weighted by molar-refractivity contribution is 7.90. The molecule has 1 saturated heterocycles. The second-order valence-corrected chi connectivity index (χ2v) is 6.71. The number of rotatable bonds is 4. The topological polar surface area (TPSA) is 75.7 Å². The summed E-state index contributed by atoms with van der Waals surface area (Å²) in [5, 5.41) is 2.27. The molecule has 17 heavy (non-hydrogen) atoms. The lowest BCUT2D eigenvalue weighted by atomic mass is 10.2. The third-order valence-corrected chi connectivity index (χ3v) is 5.06. The van der Waals surface area contributed by atoms with Crippen molar-refractivity contribution in [2.24, 2.45) is 0 Å². The summed E-state index contributed by atoms with van der Waals surface area (Å²) in [7, 11) is -3.57. The summed E-state index contributed by atoms with van der Waals surface area (Å²) in [5.74, 6) is -0.291. The van der Waals surface area contributed by atoms with Crippen LogP contribution >= 0.6 is 11.6 Å².